The average molecular weight is 241 g/mol. The summed E-state index contributed by atoms with van der Waals surface area (Å²) in [5.74, 6) is 0. The van der Waals surface area contributed by atoms with Crippen LogP contribution in [-0.4, -0.2) is 25.3 Å². The minimum absolute atomic E-state index is 0.0906. The number of fused-ring (bicyclic) bond motifs is 1. The van der Waals surface area contributed by atoms with Crippen molar-refractivity contribution < 1.29 is 9.31 Å². The molecule has 1 fully saturated rings. The molecule has 2 heterocycles. The number of hydrogen-bond acceptors (Lipinski definition) is 3. The molecule has 1 aromatic carbocycles. The maximum atomic E-state index is 5.74. The Kier molecular flexibility index (Phi) is 2.84. The Bertz CT molecular complexity index is 560. The van der Waals surface area contributed by atoms with Crippen LogP contribution in [0.25, 0.3) is 10.9 Å². The highest BCUT2D eigenvalue weighted by Gasteiger charge is 2.34. The third-order valence-electron chi connectivity index (χ3n) is 3.11. The molecule has 18 heavy (non-hydrogen) atoms. The van der Waals surface area contributed by atoms with Crippen LogP contribution in [0.3, 0.4) is 0 Å². The van der Waals surface area contributed by atoms with Gasteiger partial charge in [-0.15, -0.1) is 0 Å². The van der Waals surface area contributed by atoms with Crippen LogP contribution in [0.4, 0.5) is 0 Å². The summed E-state index contributed by atoms with van der Waals surface area (Å²) < 4.78 is 11.5. The van der Waals surface area contributed by atoms with Gasteiger partial charge in [-0.25, -0.2) is 0 Å². The number of aromatic nitrogens is 1. The minimum Gasteiger partial charge on any atom is -0.406 e. The third kappa shape index (κ3) is 2.26. The second-order valence-corrected chi connectivity index (χ2v) is 5.55. The van der Waals surface area contributed by atoms with Gasteiger partial charge >= 0.3 is 7.12 Å². The SMILES string of the molecule is CC1(C)COB(c2ccc3ccccc3n2)OC1. The third-order valence-corrected chi connectivity index (χ3v) is 3.11. The molecular weight excluding hydrogens is 225 g/mol. The number of pyridine rings is 1. The zero-order valence-corrected chi connectivity index (χ0v) is 10.7. The highest BCUT2D eigenvalue weighted by molar-refractivity contribution is 6.60. The summed E-state index contributed by atoms with van der Waals surface area (Å²) >= 11 is 0. The van der Waals surface area contributed by atoms with Crippen LogP contribution >= 0.6 is 0 Å². The predicted molar refractivity (Wildman–Crippen MR) is 72.8 cm³/mol. The van der Waals surface area contributed by atoms with Crippen molar-refractivity contribution in [3.05, 3.63) is 36.4 Å². The fourth-order valence-corrected chi connectivity index (χ4v) is 2.08. The Labute approximate surface area is 107 Å². The fraction of sp³-hybridized carbons (Fsp3) is 0.357. The largest absolute Gasteiger partial charge is 0.513 e. The number of hydrogen-bond donors (Lipinski definition) is 0. The number of benzene rings is 1. The van der Waals surface area contributed by atoms with Crippen molar-refractivity contribution in [1.29, 1.82) is 0 Å². The lowest BCUT2D eigenvalue weighted by Crippen LogP contribution is -2.48. The molecule has 1 aromatic heterocycles. The zero-order valence-electron chi connectivity index (χ0n) is 10.7. The Hall–Kier alpha value is -1.39. The normalized spacial score (nSPS) is 19.1. The summed E-state index contributed by atoms with van der Waals surface area (Å²) in [4.78, 5) is 4.60. The number of para-hydroxylation sites is 1. The molecule has 0 spiro atoms. The Morgan fingerprint density at radius 2 is 1.78 bits per heavy atom. The van der Waals surface area contributed by atoms with E-state index in [1.807, 2.05) is 24.3 Å². The van der Waals surface area contributed by atoms with E-state index in [0.717, 1.165) is 16.5 Å². The fourth-order valence-electron chi connectivity index (χ4n) is 2.08. The highest BCUT2D eigenvalue weighted by Crippen LogP contribution is 2.21. The second kappa shape index (κ2) is 4.37. The zero-order chi connectivity index (χ0) is 12.6. The van der Waals surface area contributed by atoms with Crippen LogP contribution in [0, 0.1) is 5.41 Å². The van der Waals surface area contributed by atoms with E-state index in [2.05, 4.69) is 31.0 Å². The smallest absolute Gasteiger partial charge is 0.406 e. The summed E-state index contributed by atoms with van der Waals surface area (Å²) in [5.41, 5.74) is 1.92. The lowest BCUT2D eigenvalue weighted by atomic mass is 9.79. The lowest BCUT2D eigenvalue weighted by molar-refractivity contribution is 0.0340. The summed E-state index contributed by atoms with van der Waals surface area (Å²) in [7, 11) is -0.331. The standard InChI is InChI=1S/C14H16BNO2/c1-14(2)9-17-15(18-10-14)13-8-7-11-5-3-4-6-12(11)16-13/h3-8H,9-10H2,1-2H3. The average Bonchev–Trinajstić information content (AvgIpc) is 2.38. The van der Waals surface area contributed by atoms with E-state index in [-0.39, 0.29) is 12.5 Å². The molecule has 3 rings (SSSR count). The van der Waals surface area contributed by atoms with Gasteiger partial charge in [-0.3, -0.25) is 4.98 Å². The minimum atomic E-state index is -0.331. The van der Waals surface area contributed by atoms with Gasteiger partial charge in [0.25, 0.3) is 0 Å². The van der Waals surface area contributed by atoms with Gasteiger partial charge in [-0.05, 0) is 12.1 Å². The van der Waals surface area contributed by atoms with Gasteiger partial charge in [-0.1, -0.05) is 38.1 Å². The topological polar surface area (TPSA) is 31.4 Å². The molecule has 0 N–H and O–H groups in total. The summed E-state index contributed by atoms with van der Waals surface area (Å²) in [6.45, 7) is 5.67. The molecule has 0 saturated carbocycles. The Morgan fingerprint density at radius 1 is 1.06 bits per heavy atom. The first kappa shape index (κ1) is 11.7. The lowest BCUT2D eigenvalue weighted by Gasteiger charge is -2.32. The molecule has 4 heteroatoms. The van der Waals surface area contributed by atoms with E-state index < -0.39 is 0 Å². The molecule has 3 nitrogen and oxygen atoms in total. The molecule has 0 aliphatic carbocycles. The summed E-state index contributed by atoms with van der Waals surface area (Å²) in [5, 5.41) is 1.14. The Morgan fingerprint density at radius 3 is 2.56 bits per heavy atom. The molecule has 0 radical (unpaired) electrons. The van der Waals surface area contributed by atoms with E-state index in [1.54, 1.807) is 0 Å². The summed E-state index contributed by atoms with van der Waals surface area (Å²) in [6.07, 6.45) is 0. The van der Waals surface area contributed by atoms with Crippen molar-refractivity contribution in [2.45, 2.75) is 13.8 Å². The van der Waals surface area contributed by atoms with E-state index in [9.17, 15) is 0 Å². The monoisotopic (exact) mass is 241 g/mol. The van der Waals surface area contributed by atoms with Crippen molar-refractivity contribution in [1.82, 2.24) is 4.98 Å². The molecule has 2 aromatic rings. The predicted octanol–water partition coefficient (Wildman–Crippen LogP) is 2.00. The maximum Gasteiger partial charge on any atom is 0.513 e. The van der Waals surface area contributed by atoms with Crippen molar-refractivity contribution in [2.75, 3.05) is 13.2 Å². The molecule has 1 saturated heterocycles. The molecular formula is C14H16BNO2. The molecule has 0 bridgehead atoms. The number of rotatable bonds is 1. The molecule has 0 unspecified atom stereocenters. The van der Waals surface area contributed by atoms with Crippen LogP contribution in [0.1, 0.15) is 13.8 Å². The van der Waals surface area contributed by atoms with Crippen LogP contribution < -0.4 is 5.59 Å². The van der Waals surface area contributed by atoms with Crippen LogP contribution in [0.5, 0.6) is 0 Å². The van der Waals surface area contributed by atoms with Crippen molar-refractivity contribution in [2.24, 2.45) is 5.41 Å². The first-order valence-corrected chi connectivity index (χ1v) is 6.23. The first-order chi connectivity index (χ1) is 8.64. The molecule has 1 aliphatic rings. The molecule has 1 aliphatic heterocycles. The maximum absolute atomic E-state index is 5.74. The van der Waals surface area contributed by atoms with E-state index in [1.165, 1.54) is 0 Å². The van der Waals surface area contributed by atoms with Gasteiger partial charge < -0.3 is 9.31 Å². The van der Waals surface area contributed by atoms with E-state index in [0.29, 0.717) is 13.2 Å². The second-order valence-electron chi connectivity index (χ2n) is 5.55. The van der Waals surface area contributed by atoms with Gasteiger partial charge in [0.1, 0.15) is 0 Å². The Balaban J connectivity index is 1.87. The molecule has 0 atom stereocenters. The highest BCUT2D eigenvalue weighted by atomic mass is 16.6. The molecule has 0 amide bonds. The van der Waals surface area contributed by atoms with Crippen LogP contribution in [-0.2, 0) is 9.31 Å². The van der Waals surface area contributed by atoms with Gasteiger partial charge in [-0.2, -0.15) is 0 Å². The van der Waals surface area contributed by atoms with Crippen molar-refractivity contribution in [3.8, 4) is 0 Å². The van der Waals surface area contributed by atoms with Crippen molar-refractivity contribution in [3.63, 3.8) is 0 Å². The summed E-state index contributed by atoms with van der Waals surface area (Å²) in [6, 6.07) is 12.1. The van der Waals surface area contributed by atoms with Gasteiger partial charge in [0.05, 0.1) is 11.1 Å². The van der Waals surface area contributed by atoms with E-state index >= 15 is 0 Å². The quantitative estimate of drug-likeness (QED) is 0.715. The van der Waals surface area contributed by atoms with Gasteiger partial charge in [0.15, 0.2) is 0 Å². The van der Waals surface area contributed by atoms with E-state index in [4.69, 9.17) is 9.31 Å². The van der Waals surface area contributed by atoms with Crippen molar-refractivity contribution >= 4 is 23.6 Å². The van der Waals surface area contributed by atoms with Crippen LogP contribution in [0.15, 0.2) is 36.4 Å². The first-order valence-electron chi connectivity index (χ1n) is 6.23. The van der Waals surface area contributed by atoms with Gasteiger partial charge in [0, 0.05) is 24.0 Å². The van der Waals surface area contributed by atoms with Crippen LogP contribution in [0.2, 0.25) is 0 Å². The van der Waals surface area contributed by atoms with Gasteiger partial charge in [0.2, 0.25) is 0 Å². The molecule has 92 valence electrons. The number of nitrogens with zero attached hydrogens (tertiary/aromatic N) is 1.